The molecular weight excluding hydrogens is 444 g/mol. The van der Waals surface area contributed by atoms with Crippen molar-refractivity contribution in [1.29, 1.82) is 0 Å². The van der Waals surface area contributed by atoms with E-state index in [1.807, 2.05) is 30.3 Å². The maximum Gasteiger partial charge on any atom is 0.262 e. The molecule has 0 spiro atoms. The van der Waals surface area contributed by atoms with Gasteiger partial charge < -0.3 is 15.4 Å². The van der Waals surface area contributed by atoms with Gasteiger partial charge in [-0.25, -0.2) is 0 Å². The van der Waals surface area contributed by atoms with Crippen LogP contribution in [-0.4, -0.2) is 18.4 Å². The molecule has 0 aromatic heterocycles. The number of halogens is 1. The first kappa shape index (κ1) is 22.3. The van der Waals surface area contributed by atoms with Crippen LogP contribution in [0, 0.1) is 5.92 Å². The van der Waals surface area contributed by atoms with E-state index in [0.717, 1.165) is 35.7 Å². The van der Waals surface area contributed by atoms with Crippen LogP contribution < -0.4 is 15.4 Å². The van der Waals surface area contributed by atoms with Crippen LogP contribution in [0.2, 0.25) is 0 Å². The summed E-state index contributed by atoms with van der Waals surface area (Å²) in [6, 6.07) is 13.0. The van der Waals surface area contributed by atoms with Crippen LogP contribution in [0.3, 0.4) is 0 Å². The third-order valence-electron chi connectivity index (χ3n) is 5.34. The number of anilines is 2. The first-order valence-corrected chi connectivity index (χ1v) is 11.3. The molecule has 30 heavy (non-hydrogen) atoms. The fourth-order valence-electron chi connectivity index (χ4n) is 3.73. The molecule has 5 nitrogen and oxygen atoms in total. The minimum atomic E-state index is -0.247. The summed E-state index contributed by atoms with van der Waals surface area (Å²) in [6.45, 7) is 4.09. The molecule has 0 unspecified atom stereocenters. The zero-order chi connectivity index (χ0) is 21.5. The molecule has 1 saturated carbocycles. The van der Waals surface area contributed by atoms with Crippen LogP contribution in [0.25, 0.3) is 0 Å². The van der Waals surface area contributed by atoms with Crippen LogP contribution in [0.4, 0.5) is 11.4 Å². The van der Waals surface area contributed by atoms with E-state index < -0.39 is 0 Å². The molecule has 0 saturated heterocycles. The Balaban J connectivity index is 1.56. The topological polar surface area (TPSA) is 67.4 Å². The lowest BCUT2D eigenvalue weighted by atomic mass is 9.88. The van der Waals surface area contributed by atoms with Crippen molar-refractivity contribution in [2.75, 3.05) is 17.2 Å². The van der Waals surface area contributed by atoms with Crippen molar-refractivity contribution in [3.05, 3.63) is 52.5 Å². The highest BCUT2D eigenvalue weighted by Gasteiger charge is 2.21. The van der Waals surface area contributed by atoms with Crippen molar-refractivity contribution in [2.45, 2.75) is 51.9 Å². The standard InChI is InChI=1S/C24H29BrN2O3/c1-16(2)21-13-18(25)11-12-22(21)30-15-23(28)26-19-9-6-10-20(14-19)27-24(29)17-7-4-3-5-8-17/h6,9-14,16-17H,3-5,7-8,15H2,1-2H3,(H,26,28)(H,27,29). The van der Waals surface area contributed by atoms with Crippen LogP contribution in [-0.2, 0) is 9.59 Å². The number of hydrogen-bond acceptors (Lipinski definition) is 3. The van der Waals surface area contributed by atoms with Gasteiger partial charge in [0.2, 0.25) is 5.91 Å². The van der Waals surface area contributed by atoms with E-state index in [0.29, 0.717) is 17.1 Å². The fraction of sp³-hybridized carbons (Fsp3) is 0.417. The van der Waals surface area contributed by atoms with E-state index in [-0.39, 0.29) is 30.3 Å². The van der Waals surface area contributed by atoms with Crippen molar-refractivity contribution in [3.63, 3.8) is 0 Å². The monoisotopic (exact) mass is 472 g/mol. The average molecular weight is 473 g/mol. The highest BCUT2D eigenvalue weighted by molar-refractivity contribution is 9.10. The summed E-state index contributed by atoms with van der Waals surface area (Å²) in [7, 11) is 0. The molecule has 0 atom stereocenters. The van der Waals surface area contributed by atoms with E-state index in [1.165, 1.54) is 6.42 Å². The molecule has 1 fully saturated rings. The predicted octanol–water partition coefficient (Wildman–Crippen LogP) is 6.11. The molecule has 2 aromatic rings. The maximum absolute atomic E-state index is 12.4. The molecule has 0 aliphatic heterocycles. The first-order valence-electron chi connectivity index (χ1n) is 10.6. The van der Waals surface area contributed by atoms with Gasteiger partial charge in [0.1, 0.15) is 5.75 Å². The molecule has 0 bridgehead atoms. The number of nitrogens with one attached hydrogen (secondary N) is 2. The van der Waals surface area contributed by atoms with Gasteiger partial charge in [-0.15, -0.1) is 0 Å². The Labute approximate surface area is 186 Å². The van der Waals surface area contributed by atoms with Gasteiger partial charge in [-0.1, -0.05) is 55.1 Å². The summed E-state index contributed by atoms with van der Waals surface area (Å²) in [4.78, 5) is 24.8. The van der Waals surface area contributed by atoms with Gasteiger partial charge >= 0.3 is 0 Å². The largest absolute Gasteiger partial charge is 0.483 e. The number of ether oxygens (including phenoxy) is 1. The van der Waals surface area contributed by atoms with E-state index in [2.05, 4.69) is 40.4 Å². The molecule has 2 amide bonds. The molecule has 2 N–H and O–H groups in total. The lowest BCUT2D eigenvalue weighted by molar-refractivity contribution is -0.120. The van der Waals surface area contributed by atoms with Gasteiger partial charge in [-0.3, -0.25) is 9.59 Å². The first-order chi connectivity index (χ1) is 14.4. The van der Waals surface area contributed by atoms with Crippen LogP contribution in [0.15, 0.2) is 46.9 Å². The number of rotatable bonds is 7. The van der Waals surface area contributed by atoms with E-state index >= 15 is 0 Å². The summed E-state index contributed by atoms with van der Waals surface area (Å²) >= 11 is 3.47. The minimum Gasteiger partial charge on any atom is -0.483 e. The number of hydrogen-bond donors (Lipinski definition) is 2. The van der Waals surface area contributed by atoms with Gasteiger partial charge in [-0.05, 0) is 60.7 Å². The second kappa shape index (κ2) is 10.6. The molecule has 0 heterocycles. The highest BCUT2D eigenvalue weighted by Crippen LogP contribution is 2.29. The zero-order valence-corrected chi connectivity index (χ0v) is 19.1. The molecule has 3 rings (SSSR count). The fourth-order valence-corrected chi connectivity index (χ4v) is 4.10. The molecule has 160 valence electrons. The quantitative estimate of drug-likeness (QED) is 0.510. The van der Waals surface area contributed by atoms with Crippen molar-refractivity contribution < 1.29 is 14.3 Å². The molecule has 6 heteroatoms. The maximum atomic E-state index is 12.4. The number of benzene rings is 2. The van der Waals surface area contributed by atoms with Crippen molar-refractivity contribution in [2.24, 2.45) is 5.92 Å². The summed E-state index contributed by atoms with van der Waals surface area (Å²) in [6.07, 6.45) is 5.35. The van der Waals surface area contributed by atoms with Gasteiger partial charge in [0.25, 0.3) is 5.91 Å². The molecular formula is C24H29BrN2O3. The normalized spacial score (nSPS) is 14.4. The van der Waals surface area contributed by atoms with Crippen molar-refractivity contribution >= 4 is 39.1 Å². The molecule has 0 radical (unpaired) electrons. The highest BCUT2D eigenvalue weighted by atomic mass is 79.9. The zero-order valence-electron chi connectivity index (χ0n) is 17.5. The smallest absolute Gasteiger partial charge is 0.262 e. The van der Waals surface area contributed by atoms with Gasteiger partial charge in [0, 0.05) is 21.8 Å². The summed E-state index contributed by atoms with van der Waals surface area (Å²) < 4.78 is 6.74. The predicted molar refractivity (Wildman–Crippen MR) is 124 cm³/mol. The molecule has 1 aliphatic rings. The van der Waals surface area contributed by atoms with Gasteiger partial charge in [0.15, 0.2) is 6.61 Å². The lowest BCUT2D eigenvalue weighted by Crippen LogP contribution is -2.25. The number of carbonyl (C=O) groups excluding carboxylic acids is 2. The summed E-state index contributed by atoms with van der Waals surface area (Å²) in [5, 5.41) is 5.82. The third kappa shape index (κ3) is 6.33. The van der Waals surface area contributed by atoms with E-state index in [1.54, 1.807) is 12.1 Å². The second-order valence-electron chi connectivity index (χ2n) is 8.08. The van der Waals surface area contributed by atoms with E-state index in [4.69, 9.17) is 4.74 Å². The minimum absolute atomic E-state index is 0.0676. The Morgan fingerprint density at radius 1 is 1.03 bits per heavy atom. The average Bonchev–Trinajstić information content (AvgIpc) is 2.73. The van der Waals surface area contributed by atoms with Gasteiger partial charge in [0.05, 0.1) is 0 Å². The Morgan fingerprint density at radius 3 is 2.43 bits per heavy atom. The summed E-state index contributed by atoms with van der Waals surface area (Å²) in [5.74, 6) is 0.898. The van der Waals surface area contributed by atoms with Crippen molar-refractivity contribution in [1.82, 2.24) is 0 Å². The summed E-state index contributed by atoms with van der Waals surface area (Å²) in [5.41, 5.74) is 2.37. The van der Waals surface area contributed by atoms with Crippen LogP contribution in [0.1, 0.15) is 57.4 Å². The van der Waals surface area contributed by atoms with Crippen molar-refractivity contribution in [3.8, 4) is 5.75 Å². The Bertz CT molecular complexity index is 892. The van der Waals surface area contributed by atoms with Gasteiger partial charge in [-0.2, -0.15) is 0 Å². The van der Waals surface area contributed by atoms with Crippen LogP contribution >= 0.6 is 15.9 Å². The SMILES string of the molecule is CC(C)c1cc(Br)ccc1OCC(=O)Nc1cccc(NC(=O)C2CCCCC2)c1. The van der Waals surface area contributed by atoms with Crippen LogP contribution in [0.5, 0.6) is 5.75 Å². The second-order valence-corrected chi connectivity index (χ2v) is 8.99. The van der Waals surface area contributed by atoms with E-state index in [9.17, 15) is 9.59 Å². The Kier molecular flexibility index (Phi) is 7.91. The lowest BCUT2D eigenvalue weighted by Gasteiger charge is -2.20. The molecule has 1 aliphatic carbocycles. The molecule has 2 aromatic carbocycles. The Hall–Kier alpha value is -2.34. The number of carbonyl (C=O) groups is 2. The number of amides is 2. The Morgan fingerprint density at radius 2 is 1.73 bits per heavy atom. The third-order valence-corrected chi connectivity index (χ3v) is 5.84.